The van der Waals surface area contributed by atoms with Crippen LogP contribution in [-0.2, 0) is 32.1 Å². The molecule has 0 N–H and O–H groups in total. The van der Waals surface area contributed by atoms with Gasteiger partial charge in [-0.15, -0.1) is 0 Å². The van der Waals surface area contributed by atoms with Gasteiger partial charge in [0.05, 0.1) is 12.3 Å². The summed E-state index contributed by atoms with van der Waals surface area (Å²) < 4.78 is 5.04. The van der Waals surface area contributed by atoms with Crippen molar-refractivity contribution in [1.82, 2.24) is 24.7 Å². The molecule has 1 aromatic rings. The molecule has 2 amide bonds. The Morgan fingerprint density at radius 2 is 1.85 bits per heavy atom. The summed E-state index contributed by atoms with van der Waals surface area (Å²) in [6, 6.07) is 0. The van der Waals surface area contributed by atoms with Gasteiger partial charge in [-0.3, -0.25) is 14.4 Å². The van der Waals surface area contributed by atoms with Crippen LogP contribution in [0.4, 0.5) is 5.95 Å². The van der Waals surface area contributed by atoms with Gasteiger partial charge < -0.3 is 24.3 Å². The first-order valence-corrected chi connectivity index (χ1v) is 11.8. The van der Waals surface area contributed by atoms with Crippen LogP contribution in [0.5, 0.6) is 0 Å². The Hall–Kier alpha value is -2.75. The SMILES string of the molecule is CCOC(=O)CN1CCCCN(c2ncc3c(n2)CCN(C(C)=O)C3)CCN(C)CCC1=O. The molecule has 2 aliphatic rings. The summed E-state index contributed by atoms with van der Waals surface area (Å²) in [7, 11) is 2.00. The maximum absolute atomic E-state index is 12.6. The zero-order valence-electron chi connectivity index (χ0n) is 20.1. The molecular formula is C23H36N6O4. The molecule has 2 aliphatic heterocycles. The maximum atomic E-state index is 12.6. The highest BCUT2D eigenvalue weighted by atomic mass is 16.5. The van der Waals surface area contributed by atoms with Gasteiger partial charge in [0.1, 0.15) is 6.54 Å². The number of carbonyl (C=O) groups is 3. The van der Waals surface area contributed by atoms with Crippen molar-refractivity contribution in [3.05, 3.63) is 17.5 Å². The molecule has 0 aliphatic carbocycles. The molecule has 0 saturated carbocycles. The van der Waals surface area contributed by atoms with E-state index in [2.05, 4.69) is 14.8 Å². The second kappa shape index (κ2) is 11.9. The third-order valence-electron chi connectivity index (χ3n) is 6.19. The molecule has 0 aromatic carbocycles. The van der Waals surface area contributed by atoms with Crippen molar-refractivity contribution in [2.75, 3.05) is 64.4 Å². The maximum Gasteiger partial charge on any atom is 0.325 e. The first-order valence-electron chi connectivity index (χ1n) is 11.8. The molecule has 0 bridgehead atoms. The van der Waals surface area contributed by atoms with E-state index in [1.807, 2.05) is 18.1 Å². The molecule has 0 atom stereocenters. The van der Waals surface area contributed by atoms with Gasteiger partial charge in [-0.25, -0.2) is 9.97 Å². The summed E-state index contributed by atoms with van der Waals surface area (Å²) in [6.45, 7) is 8.41. The van der Waals surface area contributed by atoms with E-state index in [1.54, 1.807) is 18.7 Å². The minimum Gasteiger partial charge on any atom is -0.465 e. The largest absolute Gasteiger partial charge is 0.465 e. The molecule has 1 saturated heterocycles. The number of hydrogen-bond acceptors (Lipinski definition) is 8. The van der Waals surface area contributed by atoms with Gasteiger partial charge in [-0.2, -0.15) is 0 Å². The van der Waals surface area contributed by atoms with Crippen LogP contribution in [0.25, 0.3) is 0 Å². The summed E-state index contributed by atoms with van der Waals surface area (Å²) in [5, 5.41) is 0. The number of likely N-dealkylation sites (N-methyl/N-ethyl adjacent to an activating group) is 1. The van der Waals surface area contributed by atoms with Crippen molar-refractivity contribution in [3.63, 3.8) is 0 Å². The van der Waals surface area contributed by atoms with E-state index in [9.17, 15) is 14.4 Å². The highest BCUT2D eigenvalue weighted by Crippen LogP contribution is 2.20. The first kappa shape index (κ1) is 24.9. The van der Waals surface area contributed by atoms with Crippen LogP contribution in [0, 0.1) is 0 Å². The summed E-state index contributed by atoms with van der Waals surface area (Å²) in [5.74, 6) is 0.421. The van der Waals surface area contributed by atoms with E-state index in [-0.39, 0.29) is 24.3 Å². The predicted molar refractivity (Wildman–Crippen MR) is 124 cm³/mol. The Kier molecular flexibility index (Phi) is 8.99. The summed E-state index contributed by atoms with van der Waals surface area (Å²) >= 11 is 0. The lowest BCUT2D eigenvalue weighted by Gasteiger charge is -2.30. The molecule has 1 fully saturated rings. The fraction of sp³-hybridized carbons (Fsp3) is 0.696. The number of aromatic nitrogens is 2. The summed E-state index contributed by atoms with van der Waals surface area (Å²) in [5.41, 5.74) is 2.03. The second-order valence-electron chi connectivity index (χ2n) is 8.70. The highest BCUT2D eigenvalue weighted by molar-refractivity contribution is 5.82. The number of carbonyl (C=O) groups excluding carboxylic acids is 3. The number of amides is 2. The smallest absolute Gasteiger partial charge is 0.325 e. The van der Waals surface area contributed by atoms with Gasteiger partial charge >= 0.3 is 5.97 Å². The molecule has 10 nitrogen and oxygen atoms in total. The number of anilines is 1. The van der Waals surface area contributed by atoms with Crippen molar-refractivity contribution in [2.24, 2.45) is 0 Å². The lowest BCUT2D eigenvalue weighted by atomic mass is 10.1. The van der Waals surface area contributed by atoms with Crippen LogP contribution in [0.15, 0.2) is 6.20 Å². The van der Waals surface area contributed by atoms with Gasteiger partial charge in [-0.1, -0.05) is 0 Å². The topological polar surface area (TPSA) is 99.2 Å². The molecule has 0 unspecified atom stereocenters. The van der Waals surface area contributed by atoms with Crippen molar-refractivity contribution in [1.29, 1.82) is 0 Å². The van der Waals surface area contributed by atoms with E-state index < -0.39 is 0 Å². The van der Waals surface area contributed by atoms with E-state index in [4.69, 9.17) is 9.72 Å². The number of nitrogens with zero attached hydrogens (tertiary/aromatic N) is 6. The average Bonchev–Trinajstić information content (AvgIpc) is 2.79. The Morgan fingerprint density at radius 1 is 1.06 bits per heavy atom. The monoisotopic (exact) mass is 460 g/mol. The fourth-order valence-electron chi connectivity index (χ4n) is 4.15. The van der Waals surface area contributed by atoms with Gasteiger partial charge in [0.15, 0.2) is 0 Å². The first-order chi connectivity index (χ1) is 15.9. The number of rotatable bonds is 4. The molecule has 1 aromatic heterocycles. The van der Waals surface area contributed by atoms with Gasteiger partial charge in [0.25, 0.3) is 0 Å². The third-order valence-corrected chi connectivity index (χ3v) is 6.19. The van der Waals surface area contributed by atoms with Crippen LogP contribution >= 0.6 is 0 Å². The predicted octanol–water partition coefficient (Wildman–Crippen LogP) is 0.695. The van der Waals surface area contributed by atoms with Crippen LogP contribution in [-0.4, -0.2) is 102 Å². The minimum absolute atomic E-state index is 0.00527. The van der Waals surface area contributed by atoms with Crippen molar-refractivity contribution in [2.45, 2.75) is 46.1 Å². The van der Waals surface area contributed by atoms with Gasteiger partial charge in [0.2, 0.25) is 17.8 Å². The number of hydrogen-bond donors (Lipinski definition) is 0. The number of ether oxygens (including phenoxy) is 1. The Labute approximate surface area is 195 Å². The quantitative estimate of drug-likeness (QED) is 0.606. The lowest BCUT2D eigenvalue weighted by molar-refractivity contribution is -0.149. The zero-order valence-corrected chi connectivity index (χ0v) is 20.1. The van der Waals surface area contributed by atoms with E-state index >= 15 is 0 Å². The Morgan fingerprint density at radius 3 is 2.61 bits per heavy atom. The second-order valence-corrected chi connectivity index (χ2v) is 8.70. The molecule has 10 heteroatoms. The summed E-state index contributed by atoms with van der Waals surface area (Å²) in [4.78, 5) is 53.5. The van der Waals surface area contributed by atoms with Crippen molar-refractivity contribution < 1.29 is 19.1 Å². The molecule has 0 radical (unpaired) electrons. The minimum atomic E-state index is -0.362. The van der Waals surface area contributed by atoms with Crippen LogP contribution in [0.3, 0.4) is 0 Å². The van der Waals surface area contributed by atoms with Gasteiger partial charge in [-0.05, 0) is 26.8 Å². The molecule has 0 spiro atoms. The third kappa shape index (κ3) is 7.12. The Balaban J connectivity index is 1.67. The normalized spacial score (nSPS) is 18.9. The van der Waals surface area contributed by atoms with Crippen LogP contribution < -0.4 is 4.90 Å². The van der Waals surface area contributed by atoms with E-state index in [1.165, 1.54) is 0 Å². The Bertz CT molecular complexity index is 848. The summed E-state index contributed by atoms with van der Waals surface area (Å²) in [6.07, 6.45) is 4.61. The average molecular weight is 461 g/mol. The van der Waals surface area contributed by atoms with E-state index in [0.717, 1.165) is 56.1 Å². The van der Waals surface area contributed by atoms with Crippen LogP contribution in [0.2, 0.25) is 0 Å². The highest BCUT2D eigenvalue weighted by Gasteiger charge is 2.23. The molecule has 3 rings (SSSR count). The van der Waals surface area contributed by atoms with Gasteiger partial charge in [0, 0.05) is 77.3 Å². The standard InChI is InChI=1S/C23H36N6O4/c1-4-33-22(32)17-29-10-6-5-9-27(14-13-26(3)11-8-21(29)31)23-24-15-19-16-28(18(2)30)12-7-20(19)25-23/h15H,4-14,16-17H2,1-3H3. The molecule has 182 valence electrons. The molecular weight excluding hydrogens is 424 g/mol. The number of esters is 1. The molecule has 33 heavy (non-hydrogen) atoms. The van der Waals surface area contributed by atoms with Crippen LogP contribution in [0.1, 0.15) is 44.4 Å². The zero-order chi connectivity index (χ0) is 23.8. The number of fused-ring (bicyclic) bond motifs is 1. The lowest BCUT2D eigenvalue weighted by Crippen LogP contribution is -2.41. The van der Waals surface area contributed by atoms with Crippen molar-refractivity contribution in [3.8, 4) is 0 Å². The van der Waals surface area contributed by atoms with Crippen molar-refractivity contribution >= 4 is 23.7 Å². The fourth-order valence-corrected chi connectivity index (χ4v) is 4.15. The molecule has 3 heterocycles. The van der Waals surface area contributed by atoms with E-state index in [0.29, 0.717) is 39.2 Å².